The molecule has 0 aliphatic carbocycles. The van der Waals surface area contributed by atoms with Gasteiger partial charge in [0.1, 0.15) is 12.1 Å². The van der Waals surface area contributed by atoms with Crippen LogP contribution in [0.25, 0.3) is 5.65 Å². The molecule has 17 heteroatoms. The SMILES string of the molecule is C/N=C/C(C)(C)CCN1CCN(C(=O)Cn2cc(Nc3nc4c(N5CC(CC#N)(n6cc(C(F)(F)F)cn6)C5)cccn4n3)cn2)CC1. The van der Waals surface area contributed by atoms with E-state index in [0.717, 1.165) is 44.1 Å². The van der Waals surface area contributed by atoms with Gasteiger partial charge in [0.25, 0.3) is 0 Å². The summed E-state index contributed by atoms with van der Waals surface area (Å²) in [4.78, 5) is 28.0. The van der Waals surface area contributed by atoms with Gasteiger partial charge in [0.15, 0.2) is 5.65 Å². The minimum Gasteiger partial charge on any atom is -0.363 e. The summed E-state index contributed by atoms with van der Waals surface area (Å²) < 4.78 is 44.1. The minimum absolute atomic E-state index is 0.00149. The molecule has 48 heavy (non-hydrogen) atoms. The highest BCUT2D eigenvalue weighted by Gasteiger charge is 2.47. The number of alkyl halides is 3. The lowest BCUT2D eigenvalue weighted by molar-refractivity contribution is -0.137. The van der Waals surface area contributed by atoms with Crippen molar-refractivity contribution < 1.29 is 18.0 Å². The largest absolute Gasteiger partial charge is 0.419 e. The Morgan fingerprint density at radius 2 is 1.92 bits per heavy atom. The van der Waals surface area contributed by atoms with Gasteiger partial charge in [-0.25, -0.2) is 4.52 Å². The first kappa shape index (κ1) is 32.9. The maximum Gasteiger partial charge on any atom is 0.419 e. The molecule has 0 saturated carbocycles. The van der Waals surface area contributed by atoms with Gasteiger partial charge in [-0.3, -0.25) is 19.1 Å². The number of nitriles is 1. The molecule has 254 valence electrons. The lowest BCUT2D eigenvalue weighted by Crippen LogP contribution is -2.63. The molecular formula is C31H38F3N13O. The molecule has 4 aromatic heterocycles. The summed E-state index contributed by atoms with van der Waals surface area (Å²) in [6.45, 7) is 8.99. The van der Waals surface area contributed by atoms with Gasteiger partial charge < -0.3 is 20.1 Å². The van der Waals surface area contributed by atoms with Crippen LogP contribution in [0.2, 0.25) is 0 Å². The van der Waals surface area contributed by atoms with Crippen molar-refractivity contribution in [2.75, 3.05) is 63.1 Å². The molecule has 2 aliphatic rings. The molecule has 6 rings (SSSR count). The Morgan fingerprint density at radius 3 is 2.60 bits per heavy atom. The number of nitrogens with zero attached hydrogens (tertiary/aromatic N) is 12. The van der Waals surface area contributed by atoms with Gasteiger partial charge in [-0.1, -0.05) is 13.8 Å². The third kappa shape index (κ3) is 6.98. The molecule has 0 atom stereocenters. The summed E-state index contributed by atoms with van der Waals surface area (Å²) in [5.74, 6) is 0.313. The molecule has 2 aliphatic heterocycles. The van der Waals surface area contributed by atoms with E-state index >= 15 is 0 Å². The Kier molecular flexibility index (Phi) is 8.86. The van der Waals surface area contributed by atoms with Crippen LogP contribution in [0.1, 0.15) is 32.3 Å². The zero-order chi connectivity index (χ0) is 34.1. The third-order valence-electron chi connectivity index (χ3n) is 8.92. The van der Waals surface area contributed by atoms with Crippen molar-refractivity contribution in [3.05, 3.63) is 48.7 Å². The monoisotopic (exact) mass is 665 g/mol. The lowest BCUT2D eigenvalue weighted by atomic mass is 9.86. The van der Waals surface area contributed by atoms with E-state index < -0.39 is 17.3 Å². The van der Waals surface area contributed by atoms with E-state index in [2.05, 4.69) is 55.4 Å². The smallest absolute Gasteiger partial charge is 0.363 e. The molecule has 2 fully saturated rings. The summed E-state index contributed by atoms with van der Waals surface area (Å²) in [5.41, 5.74) is 0.159. The van der Waals surface area contributed by atoms with Crippen LogP contribution >= 0.6 is 0 Å². The van der Waals surface area contributed by atoms with Crippen LogP contribution in [0.4, 0.5) is 30.5 Å². The van der Waals surface area contributed by atoms with Crippen LogP contribution in [-0.2, 0) is 23.1 Å². The number of halogens is 3. The van der Waals surface area contributed by atoms with Crippen LogP contribution in [0.5, 0.6) is 0 Å². The Morgan fingerprint density at radius 1 is 1.15 bits per heavy atom. The van der Waals surface area contributed by atoms with Crippen molar-refractivity contribution in [1.29, 1.82) is 5.26 Å². The maximum absolute atomic E-state index is 13.2. The fraction of sp³-hybridized carbons (Fsp3) is 0.516. The summed E-state index contributed by atoms with van der Waals surface area (Å²) in [6, 6.07) is 5.74. The average molecular weight is 666 g/mol. The van der Waals surface area contributed by atoms with Crippen LogP contribution in [0.3, 0.4) is 0 Å². The Bertz CT molecular complexity index is 1820. The molecular weight excluding hydrogens is 627 g/mol. The van der Waals surface area contributed by atoms with Crippen molar-refractivity contribution in [2.24, 2.45) is 10.4 Å². The first-order chi connectivity index (χ1) is 22.9. The summed E-state index contributed by atoms with van der Waals surface area (Å²) in [5, 5.41) is 25.4. The quantitative estimate of drug-likeness (QED) is 0.239. The highest BCUT2D eigenvalue weighted by atomic mass is 19.4. The Labute approximate surface area is 275 Å². The normalized spacial score (nSPS) is 17.2. The lowest BCUT2D eigenvalue weighted by Gasteiger charge is -2.50. The standard InChI is InChI=1S/C31H38F3N13O/c1-29(2,20-36-3)7-10-42-11-13-43(14-12-42)26(48)19-45-18-24(16-37-45)39-28-40-27-25(5-4-9-46(27)41-28)44-21-30(22-44,6-8-35)47-17-23(15-38-47)31(32,33)34/h4-5,9,15-18,20H,6-7,10-14,19,21-22H2,1-3H3,(H,39,41)/b36-20+. The summed E-state index contributed by atoms with van der Waals surface area (Å²) in [7, 11) is 1.80. The molecule has 0 bridgehead atoms. The van der Waals surface area contributed by atoms with Gasteiger partial charge in [-0.15, -0.1) is 5.10 Å². The van der Waals surface area contributed by atoms with Gasteiger partial charge in [-0.05, 0) is 25.1 Å². The minimum atomic E-state index is -4.52. The summed E-state index contributed by atoms with van der Waals surface area (Å²) in [6.07, 6.45) is 5.28. The van der Waals surface area contributed by atoms with E-state index in [4.69, 9.17) is 0 Å². The molecule has 0 radical (unpaired) electrons. The molecule has 0 unspecified atom stereocenters. The number of hydrogen-bond acceptors (Lipinski definition) is 10. The first-order valence-corrected chi connectivity index (χ1v) is 15.7. The Balaban J connectivity index is 1.05. The van der Waals surface area contributed by atoms with Gasteiger partial charge in [-0.2, -0.15) is 33.6 Å². The third-order valence-corrected chi connectivity index (χ3v) is 8.92. The second-order valence-electron chi connectivity index (χ2n) is 13.1. The number of amides is 1. The van der Waals surface area contributed by atoms with Crippen molar-refractivity contribution in [3.8, 4) is 6.07 Å². The van der Waals surface area contributed by atoms with Crippen molar-refractivity contribution in [3.63, 3.8) is 0 Å². The molecule has 4 aromatic rings. The molecule has 0 aromatic carbocycles. The number of nitrogens with one attached hydrogen (secondary N) is 1. The molecule has 0 spiro atoms. The van der Waals surface area contributed by atoms with E-state index in [-0.39, 0.29) is 37.4 Å². The number of piperazine rings is 1. The zero-order valence-electron chi connectivity index (χ0n) is 27.1. The predicted molar refractivity (Wildman–Crippen MR) is 172 cm³/mol. The topological polar surface area (TPSA) is 141 Å². The van der Waals surface area contributed by atoms with Crippen molar-refractivity contribution in [1.82, 2.24) is 44.0 Å². The number of fused-ring (bicyclic) bond motifs is 1. The van der Waals surface area contributed by atoms with Crippen molar-refractivity contribution >= 4 is 35.1 Å². The van der Waals surface area contributed by atoms with E-state index in [9.17, 15) is 23.2 Å². The van der Waals surface area contributed by atoms with E-state index in [1.54, 1.807) is 40.9 Å². The predicted octanol–water partition coefficient (Wildman–Crippen LogP) is 3.27. The highest BCUT2D eigenvalue weighted by molar-refractivity contribution is 5.76. The number of hydrogen-bond donors (Lipinski definition) is 1. The van der Waals surface area contributed by atoms with E-state index in [1.807, 2.05) is 22.1 Å². The molecule has 14 nitrogen and oxygen atoms in total. The number of aliphatic imine (C=N–C) groups is 1. The molecule has 6 heterocycles. The fourth-order valence-corrected chi connectivity index (χ4v) is 6.20. The highest BCUT2D eigenvalue weighted by Crippen LogP contribution is 2.39. The van der Waals surface area contributed by atoms with Gasteiger partial charge in [0, 0.05) is 76.5 Å². The second kappa shape index (κ2) is 12.9. The number of aromatic nitrogens is 7. The summed E-state index contributed by atoms with van der Waals surface area (Å²) >= 11 is 0. The van der Waals surface area contributed by atoms with Gasteiger partial charge in [0.05, 0.1) is 41.8 Å². The average Bonchev–Trinajstić information content (AvgIpc) is 3.78. The zero-order valence-corrected chi connectivity index (χ0v) is 27.1. The second-order valence-corrected chi connectivity index (χ2v) is 13.1. The van der Waals surface area contributed by atoms with Gasteiger partial charge in [0.2, 0.25) is 11.9 Å². The maximum atomic E-state index is 13.2. The van der Waals surface area contributed by atoms with Gasteiger partial charge >= 0.3 is 6.18 Å². The number of carbonyl (C=O) groups is 1. The number of carbonyl (C=O) groups excluding carboxylic acids is 1. The molecule has 2 saturated heterocycles. The Hall–Kier alpha value is -4.98. The molecule has 1 N–H and O–H groups in total. The van der Waals surface area contributed by atoms with E-state index in [0.29, 0.717) is 30.4 Å². The van der Waals surface area contributed by atoms with Crippen molar-refractivity contribution in [2.45, 2.75) is 44.9 Å². The first-order valence-electron chi connectivity index (χ1n) is 15.7. The fourth-order valence-electron chi connectivity index (χ4n) is 6.20. The number of anilines is 3. The molecule has 1 amide bonds. The number of rotatable bonds is 11. The van der Waals surface area contributed by atoms with Crippen LogP contribution in [-0.4, -0.2) is 109 Å². The van der Waals surface area contributed by atoms with Crippen LogP contribution in [0.15, 0.2) is 48.1 Å². The van der Waals surface area contributed by atoms with E-state index in [1.165, 1.54) is 4.68 Å². The van der Waals surface area contributed by atoms with Crippen LogP contribution < -0.4 is 10.2 Å². The number of pyridine rings is 1. The van der Waals surface area contributed by atoms with Crippen LogP contribution in [0, 0.1) is 16.7 Å².